The van der Waals surface area contributed by atoms with Gasteiger partial charge in [-0.3, -0.25) is 4.79 Å². The first-order chi connectivity index (χ1) is 48.7. The summed E-state index contributed by atoms with van der Waals surface area (Å²) in [7, 11) is 0. The molecule has 111 heavy (non-hydrogen) atoms. The van der Waals surface area contributed by atoms with Gasteiger partial charge in [0, 0.05) is 130 Å². The fourth-order valence-electron chi connectivity index (χ4n) is 4.17. The summed E-state index contributed by atoms with van der Waals surface area (Å²) >= 11 is 9.54. The molecule has 1 fully saturated rings. The van der Waals surface area contributed by atoms with Gasteiger partial charge in [-0.1, -0.05) is 164 Å². The van der Waals surface area contributed by atoms with Crippen molar-refractivity contribution in [3.8, 4) is 0 Å². The van der Waals surface area contributed by atoms with Crippen LogP contribution in [-0.4, -0.2) is 235 Å². The van der Waals surface area contributed by atoms with Crippen molar-refractivity contribution in [1.82, 2.24) is 0 Å². The van der Waals surface area contributed by atoms with Crippen LogP contribution < -0.4 is 13.3 Å². The molecular formula is C72H127I6O33+. The molecule has 14 N–H and O–H groups in total. The van der Waals surface area contributed by atoms with E-state index in [0.29, 0.717) is 32.5 Å². The van der Waals surface area contributed by atoms with E-state index in [-0.39, 0.29) is 176 Å². The van der Waals surface area contributed by atoms with Crippen LogP contribution in [0.25, 0.3) is 0 Å². The average molecular weight is 2280 g/mol. The van der Waals surface area contributed by atoms with Crippen molar-refractivity contribution >= 4 is 164 Å². The van der Waals surface area contributed by atoms with Gasteiger partial charge in [-0.2, -0.15) is 0 Å². The Kier molecular flexibility index (Phi) is 108. The molecule has 0 saturated carbocycles. The number of aliphatic hydroxyl groups excluding tert-OH is 5. The normalized spacial score (nSPS) is 11.3. The first-order valence-corrected chi connectivity index (χ1v) is 49.8. The number of rotatable bonds is 36. The van der Waals surface area contributed by atoms with Gasteiger partial charge in [0.25, 0.3) is 5.97 Å². The van der Waals surface area contributed by atoms with Crippen molar-refractivity contribution in [2.45, 2.75) is 123 Å². The van der Waals surface area contributed by atoms with Crippen molar-refractivity contribution in [2.75, 3.05) is 106 Å². The van der Waals surface area contributed by atoms with E-state index < -0.39 is 87.9 Å². The molecule has 0 aromatic rings. The minimum atomic E-state index is -1.31. The van der Waals surface area contributed by atoms with E-state index >= 15 is 0 Å². The first-order valence-electron chi connectivity index (χ1n) is 30.9. The van der Waals surface area contributed by atoms with Crippen molar-refractivity contribution < 1.29 is 177 Å². The molecule has 1 rings (SSSR count). The van der Waals surface area contributed by atoms with Gasteiger partial charge >= 0.3 is 118 Å². The molecule has 33 nitrogen and oxygen atoms in total. The Labute approximate surface area is 727 Å². The molecule has 0 aliphatic carbocycles. The molecule has 0 radical (unpaired) electrons. The Balaban J connectivity index is -0.0000000690. The Bertz CT molecular complexity index is 2530. The molecule has 1 saturated heterocycles. The van der Waals surface area contributed by atoms with E-state index in [9.17, 15) is 52.7 Å². The second-order valence-electron chi connectivity index (χ2n) is 26.1. The molecule has 0 aromatic carbocycles. The molecular weight excluding hydrogens is 2150 g/mol. The standard InChI is InChI=1S/C19H30O7.C14H20O6.C11H16O4.C8H14O3.2C5H12O2.2C3H4O2.C3H2O2.CH4.I3.I2.HI.3H2O/c1-7-15(20)22-10-9-19(25-13-18(5,6)14-26-19)24-12-17(3,4)11-23-16(21)8-2;1-5-11(15)18-8-7-13(17)20-10-14(3,4)9-19-12(16)6-2;1-5-9(12)14-7-11(3,4)8-15-10(13)6-2;1-4-7(10)11-6-8(2,3)5-9;2*1-5(2,3-6)4-7;3*1-2-3(4)5;;1-3-2;1-2;;;;/h7-8H,1-2,9-14H2,3-6H3;5-6H,1-2,7-10H2,3-4H3;5-6H,1-2,7-8H2,3-4H3;4,9H,1,5-6H2,2-3H3;2*6-7H,3-4H2,1-2H3;2*2H,1H2,(H,4,5);1-2H;1H4;;;1H;3*1H2/q;;;;;;;;;;-1;;;;;/p+2. The summed E-state index contributed by atoms with van der Waals surface area (Å²) in [4.78, 5) is 115. The SMILES string of the molecule is C.C=CC(=O)O.C=CC(=O)O.C=CC(=O)OCC(C)(C)CO.C=CC(=O)OCC(C)(C)COC(=O)C=C.C=CC(=O)OCCC(=O)OCC(C)(C)COC(=O)C=C.C=CC(=O)OCCC1(OCC(C)(C)COC(=O)C=C)OCC(C)(C)CO1.CC(C)(CO)CO.CC(C)(CO)CO.I.II.I[I-]I.O.O.O.[CH+]=CC(=O)O.[H+]. The molecule has 1 aliphatic rings. The van der Waals surface area contributed by atoms with E-state index in [1.54, 1.807) is 41.5 Å². The molecule has 654 valence electrons. The predicted molar refractivity (Wildman–Crippen MR) is 463 cm³/mol. The van der Waals surface area contributed by atoms with Crippen LogP contribution in [0.2, 0.25) is 0 Å². The number of esters is 8. The van der Waals surface area contributed by atoms with E-state index in [4.69, 9.17) is 88.2 Å². The third-order valence-corrected chi connectivity index (χ3v) is 10.7. The number of aliphatic carboxylic acids is 3. The summed E-state index contributed by atoms with van der Waals surface area (Å²) in [5.74, 6) is -8.41. The minimum Gasteiger partial charge on any atom is -0.412 e. The van der Waals surface area contributed by atoms with E-state index in [2.05, 4.69) is 145 Å². The van der Waals surface area contributed by atoms with Crippen molar-refractivity contribution in [2.24, 2.45) is 37.9 Å². The molecule has 0 unspecified atom stereocenters. The van der Waals surface area contributed by atoms with Gasteiger partial charge in [-0.05, 0) is 0 Å². The summed E-state index contributed by atoms with van der Waals surface area (Å²) in [6.45, 7) is 61.4. The van der Waals surface area contributed by atoms with Crippen molar-refractivity contribution in [3.05, 3.63) is 127 Å². The molecule has 0 atom stereocenters. The van der Waals surface area contributed by atoms with Crippen molar-refractivity contribution in [3.63, 3.8) is 0 Å². The zero-order chi connectivity index (χ0) is 85.6. The van der Waals surface area contributed by atoms with Gasteiger partial charge in [0.05, 0.1) is 119 Å². The number of carboxylic acid groups (broad SMARTS) is 3. The second kappa shape index (κ2) is 84.8. The quantitative estimate of drug-likeness (QED) is 0.0113. The second-order valence-corrected chi connectivity index (χ2v) is 42.3. The smallest absolute Gasteiger partial charge is 0.412 e. The van der Waals surface area contributed by atoms with Gasteiger partial charge in [0.1, 0.15) is 6.61 Å². The number of hydrogen-bond acceptors (Lipinski definition) is 27. The van der Waals surface area contributed by atoms with E-state index in [0.717, 1.165) is 54.7 Å². The molecule has 0 spiro atoms. The maximum Gasteiger partial charge on any atom is 1.00 e. The minimum absolute atomic E-state index is 0. The number of carbonyl (C=O) groups is 11. The Morgan fingerprint density at radius 1 is 0.414 bits per heavy atom. The summed E-state index contributed by atoms with van der Waals surface area (Å²) < 4.78 is 56.7. The number of hydrogen-bond donors (Lipinski definition) is 8. The topological polar surface area (TPSA) is 546 Å². The van der Waals surface area contributed by atoms with Crippen molar-refractivity contribution in [1.29, 1.82) is 0 Å². The van der Waals surface area contributed by atoms with Crippen LogP contribution in [0, 0.1) is 44.5 Å². The van der Waals surface area contributed by atoms with Gasteiger partial charge in [-0.15, -0.1) is 28.8 Å². The van der Waals surface area contributed by atoms with Crippen LogP contribution in [-0.2, 0) is 105 Å². The summed E-state index contributed by atoms with van der Waals surface area (Å²) in [6.07, 6.45) is 10.00. The Hall–Kier alpha value is -4.58. The zero-order valence-corrected chi connectivity index (χ0v) is 78.4. The van der Waals surface area contributed by atoms with Crippen LogP contribution in [0.5, 0.6) is 0 Å². The Morgan fingerprint density at radius 2 is 0.622 bits per heavy atom. The average Bonchev–Trinajstić information content (AvgIpc) is 0.811. The molecule has 0 amide bonds. The summed E-state index contributed by atoms with van der Waals surface area (Å²) in [6, 6.07) is 0. The van der Waals surface area contributed by atoms with Crippen LogP contribution in [0.15, 0.2) is 120 Å². The third-order valence-electron chi connectivity index (χ3n) is 10.7. The first kappa shape index (κ1) is 142. The molecule has 0 bridgehead atoms. The predicted octanol–water partition coefficient (Wildman–Crippen LogP) is 6.22. The third kappa shape index (κ3) is 112. The van der Waals surface area contributed by atoms with Crippen LogP contribution in [0.1, 0.15) is 119 Å². The molecule has 1 heterocycles. The van der Waals surface area contributed by atoms with Crippen LogP contribution >= 0.6 is 98.4 Å². The van der Waals surface area contributed by atoms with Gasteiger partial charge in [0.2, 0.25) is 6.08 Å². The number of carbonyl (C=O) groups excluding carboxylic acids is 8. The number of ether oxygens (including phenoxy) is 11. The number of carboxylic acids is 3. The van der Waals surface area contributed by atoms with E-state index in [1.165, 1.54) is 0 Å². The largest absolute Gasteiger partial charge is 1.00 e. The number of halogens is 6. The monoisotopic (exact) mass is 2280 g/mol. The van der Waals surface area contributed by atoms with Gasteiger partial charge in [-0.25, -0.2) is 43.2 Å². The summed E-state index contributed by atoms with van der Waals surface area (Å²) in [5.41, 5.74) is -2.51. The fourth-order valence-corrected chi connectivity index (χ4v) is 4.17. The van der Waals surface area contributed by atoms with Gasteiger partial charge < -0.3 is 109 Å². The zero-order valence-electron chi connectivity index (χ0n) is 66.3. The van der Waals surface area contributed by atoms with Gasteiger partial charge in [0.15, 0.2) is 0 Å². The maximum atomic E-state index is 11.4. The number of aliphatic hydroxyl groups is 5. The maximum absolute atomic E-state index is 11.4. The van der Waals surface area contributed by atoms with Crippen LogP contribution in [0.3, 0.4) is 0 Å². The molecule has 39 heteroatoms. The Morgan fingerprint density at radius 3 is 0.829 bits per heavy atom. The van der Waals surface area contributed by atoms with E-state index in [1.807, 2.05) is 55.4 Å². The fraction of sp³-hybridized carbons (Fsp3) is 0.569. The van der Waals surface area contributed by atoms with Crippen LogP contribution in [0.4, 0.5) is 0 Å². The summed E-state index contributed by atoms with van der Waals surface area (Å²) in [5, 5.41) is 65.2. The molecule has 0 aromatic heterocycles. The molecule has 1 aliphatic heterocycles.